The zero-order valence-corrected chi connectivity index (χ0v) is 18.8. The van der Waals surface area contributed by atoms with Crippen LogP contribution >= 0.6 is 0 Å². The first-order valence-corrected chi connectivity index (χ1v) is 11.5. The summed E-state index contributed by atoms with van der Waals surface area (Å²) in [6.45, 7) is 7.48. The monoisotopic (exact) mass is 434 g/mol. The Morgan fingerprint density at radius 1 is 1.03 bits per heavy atom. The van der Waals surface area contributed by atoms with E-state index in [2.05, 4.69) is 15.6 Å². The molecule has 30 heavy (non-hydrogen) atoms. The highest BCUT2D eigenvalue weighted by molar-refractivity contribution is 7.89. The highest BCUT2D eigenvalue weighted by Gasteiger charge is 2.22. The van der Waals surface area contributed by atoms with E-state index in [1.807, 2.05) is 20.8 Å². The van der Waals surface area contributed by atoms with Crippen LogP contribution in [0.3, 0.4) is 0 Å². The molecule has 2 aromatic carbocycles. The summed E-state index contributed by atoms with van der Waals surface area (Å²) in [5.74, 6) is 0.437. The van der Waals surface area contributed by atoms with Crippen molar-refractivity contribution in [3.05, 3.63) is 65.5 Å². The van der Waals surface area contributed by atoms with E-state index in [-0.39, 0.29) is 16.8 Å². The van der Waals surface area contributed by atoms with Gasteiger partial charge in [-0.3, -0.25) is 0 Å². The summed E-state index contributed by atoms with van der Waals surface area (Å²) in [5.41, 5.74) is 1.96. The second kappa shape index (κ2) is 11.1. The quantitative estimate of drug-likeness (QED) is 0.470. The van der Waals surface area contributed by atoms with Gasteiger partial charge in [0.2, 0.25) is 10.0 Å². The SMILES string of the molecule is CCNC(=NCc1ccc(S(=O)(=O)N(C)C(C)C)cc1)NCCc1ccc(F)cc1. The van der Waals surface area contributed by atoms with Gasteiger partial charge >= 0.3 is 0 Å². The molecule has 0 saturated heterocycles. The van der Waals surface area contributed by atoms with Crippen LogP contribution in [-0.4, -0.2) is 44.9 Å². The Bertz CT molecular complexity index is 927. The molecule has 0 amide bonds. The van der Waals surface area contributed by atoms with Gasteiger partial charge < -0.3 is 10.6 Å². The van der Waals surface area contributed by atoms with Crippen LogP contribution in [0.2, 0.25) is 0 Å². The summed E-state index contributed by atoms with van der Waals surface area (Å²) in [5, 5.41) is 6.45. The summed E-state index contributed by atoms with van der Waals surface area (Å²) in [4.78, 5) is 4.83. The maximum Gasteiger partial charge on any atom is 0.243 e. The van der Waals surface area contributed by atoms with Crippen LogP contribution in [0.25, 0.3) is 0 Å². The lowest BCUT2D eigenvalue weighted by atomic mass is 10.1. The number of hydrogen-bond acceptors (Lipinski definition) is 3. The highest BCUT2D eigenvalue weighted by Crippen LogP contribution is 2.17. The Hall–Kier alpha value is -2.45. The van der Waals surface area contributed by atoms with Gasteiger partial charge in [-0.1, -0.05) is 24.3 Å². The van der Waals surface area contributed by atoms with Crippen molar-refractivity contribution in [2.45, 2.75) is 44.7 Å². The molecule has 164 valence electrons. The van der Waals surface area contributed by atoms with Gasteiger partial charge in [0.1, 0.15) is 5.82 Å². The van der Waals surface area contributed by atoms with Crippen LogP contribution in [0.5, 0.6) is 0 Å². The second-order valence-electron chi connectivity index (χ2n) is 7.26. The lowest BCUT2D eigenvalue weighted by Gasteiger charge is -2.21. The molecule has 0 radical (unpaired) electrons. The van der Waals surface area contributed by atoms with Gasteiger partial charge in [-0.25, -0.2) is 17.8 Å². The third-order valence-electron chi connectivity index (χ3n) is 4.71. The molecule has 2 N–H and O–H groups in total. The molecule has 0 bridgehead atoms. The maximum absolute atomic E-state index is 13.0. The highest BCUT2D eigenvalue weighted by atomic mass is 32.2. The van der Waals surface area contributed by atoms with E-state index in [1.165, 1.54) is 16.4 Å². The van der Waals surface area contributed by atoms with Crippen molar-refractivity contribution in [2.75, 3.05) is 20.1 Å². The number of benzene rings is 2. The molecule has 0 aliphatic carbocycles. The van der Waals surface area contributed by atoms with E-state index in [0.717, 1.165) is 24.1 Å². The number of halogens is 1. The average molecular weight is 435 g/mol. The van der Waals surface area contributed by atoms with Gasteiger partial charge in [0.15, 0.2) is 5.96 Å². The number of rotatable bonds is 9. The van der Waals surface area contributed by atoms with E-state index >= 15 is 0 Å². The molecule has 0 aromatic heterocycles. The number of nitrogens with zero attached hydrogens (tertiary/aromatic N) is 2. The summed E-state index contributed by atoms with van der Waals surface area (Å²) in [7, 11) is -1.90. The van der Waals surface area contributed by atoms with Crippen molar-refractivity contribution in [2.24, 2.45) is 4.99 Å². The molecule has 0 aliphatic rings. The van der Waals surface area contributed by atoms with Crippen molar-refractivity contribution in [3.63, 3.8) is 0 Å². The average Bonchev–Trinajstić information content (AvgIpc) is 2.73. The number of sulfonamides is 1. The molecule has 0 saturated carbocycles. The van der Waals surface area contributed by atoms with Crippen LogP contribution in [0.4, 0.5) is 4.39 Å². The Labute approximate surface area is 179 Å². The molecular formula is C22H31FN4O2S. The Morgan fingerprint density at radius 3 is 2.20 bits per heavy atom. The lowest BCUT2D eigenvalue weighted by Crippen LogP contribution is -2.38. The molecule has 0 heterocycles. The minimum absolute atomic E-state index is 0.108. The molecule has 2 aromatic rings. The molecule has 0 unspecified atom stereocenters. The summed E-state index contributed by atoms with van der Waals surface area (Å²) < 4.78 is 39.4. The van der Waals surface area contributed by atoms with Crippen molar-refractivity contribution >= 4 is 16.0 Å². The fraction of sp³-hybridized carbons (Fsp3) is 0.409. The molecule has 0 atom stereocenters. The number of nitrogens with one attached hydrogen (secondary N) is 2. The minimum Gasteiger partial charge on any atom is -0.357 e. The van der Waals surface area contributed by atoms with Gasteiger partial charge in [-0.05, 0) is 62.6 Å². The fourth-order valence-electron chi connectivity index (χ4n) is 2.70. The van der Waals surface area contributed by atoms with Crippen LogP contribution in [0, 0.1) is 5.82 Å². The molecule has 8 heteroatoms. The molecule has 0 fully saturated rings. The third-order valence-corrected chi connectivity index (χ3v) is 6.76. The smallest absolute Gasteiger partial charge is 0.243 e. The first-order valence-electron chi connectivity index (χ1n) is 10.1. The van der Waals surface area contributed by atoms with Crippen molar-refractivity contribution in [1.29, 1.82) is 0 Å². The molecule has 0 spiro atoms. The Kier molecular flexibility index (Phi) is 8.80. The summed E-state index contributed by atoms with van der Waals surface area (Å²) in [6, 6.07) is 13.2. The zero-order chi connectivity index (χ0) is 22.1. The van der Waals surface area contributed by atoms with Crippen LogP contribution in [0.1, 0.15) is 31.9 Å². The summed E-state index contributed by atoms with van der Waals surface area (Å²) in [6.07, 6.45) is 0.751. The molecular weight excluding hydrogens is 403 g/mol. The lowest BCUT2D eigenvalue weighted by molar-refractivity contribution is 0.410. The topological polar surface area (TPSA) is 73.8 Å². The van der Waals surface area contributed by atoms with E-state index in [1.54, 1.807) is 43.4 Å². The largest absolute Gasteiger partial charge is 0.357 e. The normalized spacial score (nSPS) is 12.4. The standard InChI is InChI=1S/C22H31FN4O2S/c1-5-24-22(25-15-14-18-6-10-20(23)11-7-18)26-16-19-8-12-21(13-9-19)30(28,29)27(4)17(2)3/h6-13,17H,5,14-16H2,1-4H3,(H2,24,25,26). The van der Waals surface area contributed by atoms with Gasteiger partial charge in [0.25, 0.3) is 0 Å². The van der Waals surface area contributed by atoms with E-state index in [9.17, 15) is 12.8 Å². The Balaban J connectivity index is 1.97. The van der Waals surface area contributed by atoms with Crippen LogP contribution in [0.15, 0.2) is 58.4 Å². The molecule has 6 nitrogen and oxygen atoms in total. The summed E-state index contributed by atoms with van der Waals surface area (Å²) >= 11 is 0. The van der Waals surface area contributed by atoms with E-state index in [0.29, 0.717) is 19.0 Å². The Morgan fingerprint density at radius 2 is 1.63 bits per heavy atom. The zero-order valence-electron chi connectivity index (χ0n) is 18.0. The van der Waals surface area contributed by atoms with Crippen molar-refractivity contribution in [1.82, 2.24) is 14.9 Å². The van der Waals surface area contributed by atoms with Gasteiger partial charge in [-0.2, -0.15) is 4.31 Å². The second-order valence-corrected chi connectivity index (χ2v) is 9.25. The van der Waals surface area contributed by atoms with Gasteiger partial charge in [0.05, 0.1) is 11.4 Å². The predicted molar refractivity (Wildman–Crippen MR) is 119 cm³/mol. The molecule has 0 aliphatic heterocycles. The number of aliphatic imine (C=N–C) groups is 1. The molecule has 2 rings (SSSR count). The maximum atomic E-state index is 13.0. The first kappa shape index (κ1) is 23.8. The first-order chi connectivity index (χ1) is 14.2. The van der Waals surface area contributed by atoms with Crippen LogP contribution in [-0.2, 0) is 23.0 Å². The predicted octanol–water partition coefficient (Wildman–Crippen LogP) is 3.15. The van der Waals surface area contributed by atoms with E-state index < -0.39 is 10.0 Å². The number of guanidine groups is 1. The van der Waals surface area contributed by atoms with Gasteiger partial charge in [0, 0.05) is 26.2 Å². The van der Waals surface area contributed by atoms with Crippen molar-refractivity contribution < 1.29 is 12.8 Å². The number of hydrogen-bond donors (Lipinski definition) is 2. The van der Waals surface area contributed by atoms with Crippen molar-refractivity contribution in [3.8, 4) is 0 Å². The third kappa shape index (κ3) is 6.81. The fourth-order valence-corrected chi connectivity index (χ4v) is 4.07. The van der Waals surface area contributed by atoms with E-state index in [4.69, 9.17) is 0 Å². The van der Waals surface area contributed by atoms with Gasteiger partial charge in [-0.15, -0.1) is 0 Å². The minimum atomic E-state index is -3.49. The van der Waals surface area contributed by atoms with Crippen LogP contribution < -0.4 is 10.6 Å².